The van der Waals surface area contributed by atoms with Crippen molar-refractivity contribution in [3.8, 4) is 17.1 Å². The van der Waals surface area contributed by atoms with Crippen molar-refractivity contribution in [3.05, 3.63) is 65.0 Å². The first-order valence-corrected chi connectivity index (χ1v) is 12.1. The number of imidazole rings is 1. The second kappa shape index (κ2) is 10.1. The van der Waals surface area contributed by atoms with Crippen LogP contribution in [-0.4, -0.2) is 23.2 Å². The largest absolute Gasteiger partial charge is 0.496 e. The monoisotopic (exact) mass is 484 g/mol. The molecule has 1 heterocycles. The summed E-state index contributed by atoms with van der Waals surface area (Å²) in [5.74, 6) is -2.03. The molecule has 35 heavy (non-hydrogen) atoms. The van der Waals surface area contributed by atoms with Crippen molar-refractivity contribution in [2.75, 3.05) is 12.4 Å². The first-order valence-electron chi connectivity index (χ1n) is 12.1. The van der Waals surface area contributed by atoms with Gasteiger partial charge in [0.1, 0.15) is 5.75 Å². The van der Waals surface area contributed by atoms with Crippen LogP contribution in [0.1, 0.15) is 78.7 Å². The van der Waals surface area contributed by atoms with E-state index in [0.717, 1.165) is 34.4 Å². The highest BCUT2D eigenvalue weighted by Gasteiger charge is 2.32. The number of hydrogen-bond donors (Lipinski definition) is 3. The van der Waals surface area contributed by atoms with E-state index >= 15 is 0 Å². The Balaban J connectivity index is 1.64. The topological polar surface area (TPSA) is 78.2 Å². The average Bonchev–Trinajstić information content (AvgIpc) is 3.18. The number of aryl methyl sites for hydroxylation is 1. The molecule has 0 atom stereocenters. The molecule has 186 valence electrons. The van der Waals surface area contributed by atoms with E-state index < -0.39 is 11.8 Å². The molecule has 0 aliphatic heterocycles. The second-order valence-electron chi connectivity index (χ2n) is 9.14. The number of nitrogens with zero attached hydrogens (tertiary/aromatic N) is 1. The Morgan fingerprint density at radius 1 is 1.20 bits per heavy atom. The molecular formula is C27H32F2N3O3+. The van der Waals surface area contributed by atoms with Crippen molar-refractivity contribution in [2.45, 2.75) is 64.2 Å². The van der Waals surface area contributed by atoms with E-state index in [4.69, 9.17) is 4.74 Å². The molecule has 2 aromatic carbocycles. The first kappa shape index (κ1) is 24.7. The molecule has 1 fully saturated rings. The number of halogens is 2. The van der Waals surface area contributed by atoms with Gasteiger partial charge in [-0.3, -0.25) is 4.79 Å². The molecule has 1 amide bonds. The number of hydrogen-bond acceptors (Lipinski definition) is 3. The third kappa shape index (κ3) is 5.01. The highest BCUT2D eigenvalue weighted by Crippen LogP contribution is 2.39. The number of alkyl halides is 2. The van der Waals surface area contributed by atoms with E-state index in [2.05, 4.69) is 10.3 Å². The summed E-state index contributed by atoms with van der Waals surface area (Å²) in [4.78, 5) is 16.1. The van der Waals surface area contributed by atoms with Crippen molar-refractivity contribution in [1.82, 2.24) is 4.98 Å². The minimum absolute atomic E-state index is 0.00249. The van der Waals surface area contributed by atoms with Crippen LogP contribution >= 0.6 is 0 Å². The Kier molecular flexibility index (Phi) is 7.10. The molecule has 0 unspecified atom stereocenters. The van der Waals surface area contributed by atoms with Crippen LogP contribution in [0.15, 0.2) is 42.5 Å². The maximum atomic E-state index is 14.1. The van der Waals surface area contributed by atoms with Crippen LogP contribution in [0.2, 0.25) is 0 Å². The summed E-state index contributed by atoms with van der Waals surface area (Å²) in [5.41, 5.74) is 2.33. The molecule has 1 aromatic heterocycles. The lowest BCUT2D eigenvalue weighted by atomic mass is 9.83. The summed E-state index contributed by atoms with van der Waals surface area (Å²) in [7, 11) is 1.65. The van der Waals surface area contributed by atoms with Crippen LogP contribution in [0.5, 0.6) is 5.75 Å². The van der Waals surface area contributed by atoms with Crippen molar-refractivity contribution in [1.29, 1.82) is 0 Å². The van der Waals surface area contributed by atoms with Crippen LogP contribution in [-0.2, 0) is 5.92 Å². The Morgan fingerprint density at radius 2 is 1.94 bits per heavy atom. The number of carbonyl (C=O) groups excluding carboxylic acids is 1. The zero-order valence-electron chi connectivity index (χ0n) is 20.3. The molecule has 8 heteroatoms. The van der Waals surface area contributed by atoms with Gasteiger partial charge in [-0.05, 0) is 59.4 Å². The Bertz CT molecular complexity index is 1220. The van der Waals surface area contributed by atoms with E-state index in [1.54, 1.807) is 14.0 Å². The number of H-pyrrole nitrogens is 1. The van der Waals surface area contributed by atoms with Crippen molar-refractivity contribution in [3.63, 3.8) is 0 Å². The van der Waals surface area contributed by atoms with Gasteiger partial charge in [0.2, 0.25) is 0 Å². The summed E-state index contributed by atoms with van der Waals surface area (Å²) in [6, 6.07) is 11.3. The number of aromatic nitrogens is 2. The van der Waals surface area contributed by atoms with E-state index in [0.29, 0.717) is 17.4 Å². The van der Waals surface area contributed by atoms with Gasteiger partial charge in [-0.25, -0.2) is 13.8 Å². The molecule has 0 saturated heterocycles. The Labute approximate surface area is 203 Å². The van der Waals surface area contributed by atoms with Gasteiger partial charge in [-0.2, -0.15) is 0 Å². The lowest BCUT2D eigenvalue weighted by molar-refractivity contribution is -0.896. The maximum absolute atomic E-state index is 14.1. The van der Waals surface area contributed by atoms with Crippen LogP contribution < -0.4 is 14.8 Å². The molecule has 1 aliphatic carbocycles. The average molecular weight is 485 g/mol. The summed E-state index contributed by atoms with van der Waals surface area (Å²) < 4.78 is 34.6. The molecular weight excluding hydrogens is 452 g/mol. The van der Waals surface area contributed by atoms with Gasteiger partial charge in [0.05, 0.1) is 12.7 Å². The van der Waals surface area contributed by atoms with Crippen LogP contribution in [0, 0.1) is 6.92 Å². The standard InChI is InChI=1S/C27H31F2N3O3/c1-4-27(28,29)20-11-8-12-21(16-20)31-26(33)24-17(2)30-25(32(24)34)19-13-14-23(35-3)22(15-19)18-9-6-5-7-10-18/h8,11-16,18,34H,4-7,9-10H2,1-3H3,(H,31,33)/p+1. The Hall–Kier alpha value is -3.42. The highest BCUT2D eigenvalue weighted by molar-refractivity contribution is 6.02. The number of carbonyl (C=O) groups is 1. The predicted molar refractivity (Wildman–Crippen MR) is 129 cm³/mol. The number of aromatic amines is 1. The highest BCUT2D eigenvalue weighted by atomic mass is 19.3. The predicted octanol–water partition coefficient (Wildman–Crippen LogP) is 6.33. The van der Waals surface area contributed by atoms with Gasteiger partial charge in [0.25, 0.3) is 11.6 Å². The maximum Gasteiger partial charge on any atom is 0.327 e. The minimum Gasteiger partial charge on any atom is -0.496 e. The van der Waals surface area contributed by atoms with Crippen LogP contribution in [0.25, 0.3) is 11.4 Å². The number of methoxy groups -OCH3 is 1. The summed E-state index contributed by atoms with van der Waals surface area (Å²) >= 11 is 0. The summed E-state index contributed by atoms with van der Waals surface area (Å²) in [6.07, 6.45) is 5.43. The molecule has 0 bridgehead atoms. The minimum atomic E-state index is -2.99. The lowest BCUT2D eigenvalue weighted by Gasteiger charge is -2.24. The van der Waals surface area contributed by atoms with Gasteiger partial charge in [0, 0.05) is 24.6 Å². The van der Waals surface area contributed by atoms with Gasteiger partial charge >= 0.3 is 11.7 Å². The lowest BCUT2D eigenvalue weighted by Crippen LogP contribution is -2.39. The van der Waals surface area contributed by atoms with E-state index in [9.17, 15) is 18.8 Å². The summed E-state index contributed by atoms with van der Waals surface area (Å²) in [6.45, 7) is 3.09. The fourth-order valence-corrected chi connectivity index (χ4v) is 4.85. The van der Waals surface area contributed by atoms with Gasteiger partial charge in [0.15, 0.2) is 5.69 Å². The third-order valence-corrected chi connectivity index (χ3v) is 6.83. The summed E-state index contributed by atoms with van der Waals surface area (Å²) in [5, 5.41) is 13.6. The number of ether oxygens (including phenoxy) is 1. The van der Waals surface area contributed by atoms with Crippen LogP contribution in [0.3, 0.4) is 0 Å². The number of amides is 1. The molecule has 4 rings (SSSR count). The van der Waals surface area contributed by atoms with E-state index in [-0.39, 0.29) is 23.4 Å². The van der Waals surface area contributed by atoms with Crippen molar-refractivity contribution < 1.29 is 28.2 Å². The smallest absolute Gasteiger partial charge is 0.327 e. The number of rotatable bonds is 7. The quantitative estimate of drug-likeness (QED) is 0.271. The van der Waals surface area contributed by atoms with Crippen molar-refractivity contribution in [2.24, 2.45) is 0 Å². The van der Waals surface area contributed by atoms with Crippen molar-refractivity contribution >= 4 is 11.6 Å². The first-order chi connectivity index (χ1) is 16.7. The molecule has 1 aliphatic rings. The van der Waals surface area contributed by atoms with Gasteiger partial charge in [-0.1, -0.05) is 38.3 Å². The zero-order valence-corrected chi connectivity index (χ0v) is 20.3. The fraction of sp³-hybridized carbons (Fsp3) is 0.407. The van der Waals surface area contributed by atoms with Gasteiger partial charge in [-0.15, -0.1) is 0 Å². The molecule has 0 spiro atoms. The SMILES string of the molecule is CCC(F)(F)c1cccc(NC(=O)c2c(C)[nH]c(-c3ccc(OC)c(C4CCCCC4)c3)[n+]2O)c1. The van der Waals surface area contributed by atoms with Gasteiger partial charge < -0.3 is 15.3 Å². The normalized spacial score (nSPS) is 14.7. The number of nitrogens with one attached hydrogen (secondary N) is 2. The van der Waals surface area contributed by atoms with E-state index in [1.807, 2.05) is 18.2 Å². The number of anilines is 1. The zero-order chi connectivity index (χ0) is 25.2. The van der Waals surface area contributed by atoms with E-state index in [1.165, 1.54) is 50.5 Å². The molecule has 3 N–H and O–H groups in total. The Morgan fingerprint density at radius 3 is 2.63 bits per heavy atom. The molecule has 3 aromatic rings. The molecule has 1 saturated carbocycles. The van der Waals surface area contributed by atoms with Crippen LogP contribution in [0.4, 0.5) is 14.5 Å². The molecule has 6 nitrogen and oxygen atoms in total. The fourth-order valence-electron chi connectivity index (χ4n) is 4.85. The molecule has 0 radical (unpaired) electrons. The second-order valence-corrected chi connectivity index (χ2v) is 9.14. The third-order valence-electron chi connectivity index (χ3n) is 6.83. The number of benzene rings is 2.